The van der Waals surface area contributed by atoms with E-state index in [0.29, 0.717) is 6.01 Å². The quantitative estimate of drug-likeness (QED) is 0.353. The van der Waals surface area contributed by atoms with Crippen LogP contribution in [-0.4, -0.2) is 37.5 Å². The van der Waals surface area contributed by atoms with Crippen molar-refractivity contribution >= 4 is 40.3 Å². The van der Waals surface area contributed by atoms with Gasteiger partial charge in [-0.1, -0.05) is 36.4 Å². The van der Waals surface area contributed by atoms with Crippen molar-refractivity contribution in [2.45, 2.75) is 19.6 Å². The van der Waals surface area contributed by atoms with Crippen LogP contribution < -0.4 is 10.2 Å². The van der Waals surface area contributed by atoms with Gasteiger partial charge >= 0.3 is 0 Å². The van der Waals surface area contributed by atoms with Crippen LogP contribution in [0.5, 0.6) is 0 Å². The first-order chi connectivity index (χ1) is 16.1. The molecule has 1 aliphatic rings. The van der Waals surface area contributed by atoms with Crippen LogP contribution >= 0.6 is 11.8 Å². The number of thioether (sulfide) groups is 1. The normalized spacial score (nSPS) is 14.1. The summed E-state index contributed by atoms with van der Waals surface area (Å²) in [6, 6.07) is 19.7. The fourth-order valence-electron chi connectivity index (χ4n) is 4.37. The molecule has 1 aromatic heterocycles. The Balaban J connectivity index is 1.45. The van der Waals surface area contributed by atoms with Crippen molar-refractivity contribution < 1.29 is 9.15 Å². The predicted octanol–water partition coefficient (Wildman–Crippen LogP) is 6.55. The van der Waals surface area contributed by atoms with E-state index in [1.807, 2.05) is 23.9 Å². The average molecular weight is 460 g/mol. The van der Waals surface area contributed by atoms with Crippen molar-refractivity contribution in [1.29, 1.82) is 0 Å². The Kier molecular flexibility index (Phi) is 6.29. The van der Waals surface area contributed by atoms with E-state index in [2.05, 4.69) is 72.8 Å². The van der Waals surface area contributed by atoms with E-state index in [0.717, 1.165) is 60.0 Å². The number of benzene rings is 3. The van der Waals surface area contributed by atoms with Gasteiger partial charge in [-0.25, -0.2) is 0 Å². The van der Waals surface area contributed by atoms with E-state index in [1.165, 1.54) is 22.4 Å². The zero-order valence-corrected chi connectivity index (χ0v) is 20.2. The van der Waals surface area contributed by atoms with Crippen LogP contribution in [0, 0.1) is 13.8 Å². The summed E-state index contributed by atoms with van der Waals surface area (Å²) in [4.78, 5) is 7.09. The van der Waals surface area contributed by atoms with Gasteiger partial charge in [0, 0.05) is 35.8 Å². The summed E-state index contributed by atoms with van der Waals surface area (Å²) in [7, 11) is 0. The first-order valence-corrected chi connectivity index (χ1v) is 12.7. The second-order valence-electron chi connectivity index (χ2n) is 8.47. The van der Waals surface area contributed by atoms with Crippen LogP contribution in [0.3, 0.4) is 0 Å². The molecule has 0 atom stereocenters. The number of aromatic nitrogens is 1. The van der Waals surface area contributed by atoms with Crippen LogP contribution in [0.25, 0.3) is 22.2 Å². The van der Waals surface area contributed by atoms with E-state index in [-0.39, 0.29) is 0 Å². The number of nitrogens with zero attached hydrogens (tertiary/aromatic N) is 2. The van der Waals surface area contributed by atoms with Crippen LogP contribution in [0.1, 0.15) is 16.7 Å². The largest absolute Gasteiger partial charge is 0.423 e. The molecule has 1 N–H and O–H groups in total. The first-order valence-electron chi connectivity index (χ1n) is 11.3. The monoisotopic (exact) mass is 459 g/mol. The lowest BCUT2D eigenvalue weighted by molar-refractivity contribution is 0.122. The molecule has 6 heteroatoms. The summed E-state index contributed by atoms with van der Waals surface area (Å²) in [6.07, 6.45) is 2.13. The number of rotatable bonds is 6. The lowest BCUT2D eigenvalue weighted by atomic mass is 10.00. The van der Waals surface area contributed by atoms with Gasteiger partial charge in [0.05, 0.1) is 13.2 Å². The van der Waals surface area contributed by atoms with E-state index in [9.17, 15) is 0 Å². The Morgan fingerprint density at radius 1 is 1.00 bits per heavy atom. The third-order valence-corrected chi connectivity index (χ3v) is 6.78. The SMILES string of the molecule is CSCc1ccc(-c2cccc3nc(Nc4ccc(C)c(N5CCOCC5)c4)oc23)cc1C. The van der Waals surface area contributed by atoms with E-state index in [4.69, 9.17) is 14.1 Å². The molecule has 170 valence electrons. The van der Waals surface area contributed by atoms with Crippen molar-refractivity contribution in [2.24, 2.45) is 0 Å². The standard InChI is InChI=1S/C27H29N3O2S/c1-18-7-10-22(16-25(18)30-11-13-31-14-12-30)28-27-29-24-6-4-5-23(26(24)32-27)20-8-9-21(17-33-3)19(2)15-20/h4-10,15-16H,11-14,17H2,1-3H3,(H,28,29). The fraction of sp³-hybridized carbons (Fsp3) is 0.296. The molecule has 0 saturated carbocycles. The molecule has 33 heavy (non-hydrogen) atoms. The molecular weight excluding hydrogens is 430 g/mol. The van der Waals surface area contributed by atoms with Crippen molar-refractivity contribution in [3.05, 3.63) is 71.3 Å². The van der Waals surface area contributed by atoms with Crippen molar-refractivity contribution in [1.82, 2.24) is 4.98 Å². The summed E-state index contributed by atoms with van der Waals surface area (Å²) in [5, 5.41) is 3.38. The van der Waals surface area contributed by atoms with Crippen LogP contribution in [-0.2, 0) is 10.5 Å². The molecule has 0 amide bonds. The molecule has 5 rings (SSSR count). The number of anilines is 3. The smallest absolute Gasteiger partial charge is 0.300 e. The maximum absolute atomic E-state index is 6.23. The number of morpholine rings is 1. The topological polar surface area (TPSA) is 50.5 Å². The number of hydrogen-bond donors (Lipinski definition) is 1. The molecule has 0 radical (unpaired) electrons. The number of aryl methyl sites for hydroxylation is 2. The second kappa shape index (κ2) is 9.49. The Bertz CT molecular complexity index is 1280. The number of hydrogen-bond acceptors (Lipinski definition) is 6. The van der Waals surface area contributed by atoms with Gasteiger partial charge in [0.1, 0.15) is 5.52 Å². The van der Waals surface area contributed by atoms with Crippen LogP contribution in [0.4, 0.5) is 17.4 Å². The Labute approximate surface area is 199 Å². The molecule has 3 aromatic carbocycles. The molecular formula is C27H29N3O2S. The van der Waals surface area contributed by atoms with E-state index < -0.39 is 0 Å². The van der Waals surface area contributed by atoms with E-state index in [1.54, 1.807) is 0 Å². The van der Waals surface area contributed by atoms with Gasteiger partial charge in [0.15, 0.2) is 5.58 Å². The van der Waals surface area contributed by atoms with Crippen molar-refractivity contribution in [3.8, 4) is 11.1 Å². The minimum Gasteiger partial charge on any atom is -0.423 e. The van der Waals surface area contributed by atoms with Crippen LogP contribution in [0.2, 0.25) is 0 Å². The van der Waals surface area contributed by atoms with Crippen LogP contribution in [0.15, 0.2) is 59.0 Å². The van der Waals surface area contributed by atoms with Gasteiger partial charge in [0.25, 0.3) is 6.01 Å². The molecule has 4 aromatic rings. The van der Waals surface area contributed by atoms with Gasteiger partial charge in [-0.15, -0.1) is 0 Å². The summed E-state index contributed by atoms with van der Waals surface area (Å²) in [5.41, 5.74) is 9.97. The van der Waals surface area contributed by atoms with Gasteiger partial charge in [0.2, 0.25) is 0 Å². The molecule has 0 spiro atoms. The number of para-hydroxylation sites is 1. The fourth-order valence-corrected chi connectivity index (χ4v) is 5.00. The molecule has 0 unspecified atom stereocenters. The number of fused-ring (bicyclic) bond motifs is 1. The second-order valence-corrected chi connectivity index (χ2v) is 9.34. The molecule has 2 heterocycles. The summed E-state index contributed by atoms with van der Waals surface area (Å²) < 4.78 is 11.7. The maximum Gasteiger partial charge on any atom is 0.300 e. The molecule has 0 bridgehead atoms. The lowest BCUT2D eigenvalue weighted by Crippen LogP contribution is -2.36. The summed E-state index contributed by atoms with van der Waals surface area (Å²) in [5.74, 6) is 1.02. The predicted molar refractivity (Wildman–Crippen MR) is 139 cm³/mol. The molecule has 1 aliphatic heterocycles. The highest BCUT2D eigenvalue weighted by Crippen LogP contribution is 2.34. The highest BCUT2D eigenvalue weighted by Gasteiger charge is 2.16. The Hall–Kier alpha value is -2.96. The molecule has 1 saturated heterocycles. The Morgan fingerprint density at radius 3 is 2.64 bits per heavy atom. The highest BCUT2D eigenvalue weighted by atomic mass is 32.2. The number of nitrogens with one attached hydrogen (secondary N) is 1. The molecule has 5 nitrogen and oxygen atoms in total. The number of ether oxygens (including phenoxy) is 1. The minimum atomic E-state index is 0.505. The third-order valence-electron chi connectivity index (χ3n) is 6.18. The molecule has 0 aliphatic carbocycles. The molecule has 1 fully saturated rings. The zero-order chi connectivity index (χ0) is 22.8. The van der Waals surface area contributed by atoms with Gasteiger partial charge in [-0.05, 0) is 60.6 Å². The maximum atomic E-state index is 6.23. The third kappa shape index (κ3) is 4.59. The van der Waals surface area contributed by atoms with Crippen molar-refractivity contribution in [3.63, 3.8) is 0 Å². The zero-order valence-electron chi connectivity index (χ0n) is 19.4. The van der Waals surface area contributed by atoms with Crippen molar-refractivity contribution in [2.75, 3.05) is 42.8 Å². The summed E-state index contributed by atoms with van der Waals surface area (Å²) in [6.45, 7) is 7.67. The minimum absolute atomic E-state index is 0.505. The first kappa shape index (κ1) is 21.9. The van der Waals surface area contributed by atoms with Gasteiger partial charge in [-0.2, -0.15) is 16.7 Å². The highest BCUT2D eigenvalue weighted by molar-refractivity contribution is 7.97. The van der Waals surface area contributed by atoms with E-state index >= 15 is 0 Å². The van der Waals surface area contributed by atoms with Gasteiger partial charge in [-0.3, -0.25) is 0 Å². The Morgan fingerprint density at radius 2 is 1.85 bits per heavy atom. The summed E-state index contributed by atoms with van der Waals surface area (Å²) >= 11 is 1.84. The lowest BCUT2D eigenvalue weighted by Gasteiger charge is -2.30. The van der Waals surface area contributed by atoms with Gasteiger partial charge < -0.3 is 19.4 Å². The number of oxazole rings is 1. The average Bonchev–Trinajstić information content (AvgIpc) is 3.25.